The number of amides is 1. The number of carbonyl (C=O) groups excluding carboxylic acids is 1. The minimum atomic E-state index is -0.660. The number of nitrogens with one attached hydrogen (secondary N) is 1. The minimum absolute atomic E-state index is 0.0220. The van der Waals surface area contributed by atoms with Gasteiger partial charge in [-0.15, -0.1) is 0 Å². The van der Waals surface area contributed by atoms with Crippen molar-refractivity contribution in [1.82, 2.24) is 5.32 Å². The van der Waals surface area contributed by atoms with E-state index in [-0.39, 0.29) is 12.5 Å². The molecular weight excluding hydrogens is 951 g/mol. The Balaban J connectivity index is 3.37. The molecule has 0 aliphatic rings. The van der Waals surface area contributed by atoms with Crippen LogP contribution in [-0.4, -0.2) is 34.9 Å². The first-order valence-electron chi connectivity index (χ1n) is 35.8. The average Bonchev–Trinajstić information content (AvgIpc) is 3.44. The molecule has 0 saturated heterocycles. The van der Waals surface area contributed by atoms with Crippen LogP contribution in [-0.2, 0) is 4.79 Å². The quantitative estimate of drug-likeness (QED) is 0.0420. The lowest BCUT2D eigenvalue weighted by Gasteiger charge is -2.22. The Morgan fingerprint density at radius 1 is 0.321 bits per heavy atom. The second-order valence-electron chi connectivity index (χ2n) is 24.6. The summed E-state index contributed by atoms with van der Waals surface area (Å²) in [5, 5.41) is 23.5. The first-order valence-corrected chi connectivity index (χ1v) is 35.8. The first-order chi connectivity index (χ1) is 38.7. The van der Waals surface area contributed by atoms with E-state index in [1.807, 2.05) is 0 Å². The molecule has 4 heteroatoms. The van der Waals surface area contributed by atoms with Crippen LogP contribution in [0.4, 0.5) is 0 Å². The summed E-state index contributed by atoms with van der Waals surface area (Å²) in [5.41, 5.74) is 0. The number of aliphatic hydroxyl groups excluding tert-OH is 2. The molecule has 0 aromatic rings. The molecule has 3 N–H and O–H groups in total. The summed E-state index contributed by atoms with van der Waals surface area (Å²) in [4.78, 5) is 12.6. The second kappa shape index (κ2) is 69.6. The highest BCUT2D eigenvalue weighted by atomic mass is 16.3. The van der Waals surface area contributed by atoms with Gasteiger partial charge in [0.25, 0.3) is 0 Å². The molecule has 0 fully saturated rings. The van der Waals surface area contributed by atoms with Crippen molar-refractivity contribution in [2.45, 2.75) is 411 Å². The molecule has 0 aliphatic carbocycles. The average molecular weight is 1090 g/mol. The number of hydrogen-bond acceptors (Lipinski definition) is 3. The second-order valence-corrected chi connectivity index (χ2v) is 24.6. The zero-order chi connectivity index (χ0) is 56.2. The molecule has 0 radical (unpaired) electrons. The van der Waals surface area contributed by atoms with Crippen molar-refractivity contribution in [1.29, 1.82) is 0 Å². The number of carbonyl (C=O) groups is 1. The molecule has 0 saturated carbocycles. The highest BCUT2D eigenvalue weighted by Gasteiger charge is 2.20. The lowest BCUT2D eigenvalue weighted by molar-refractivity contribution is -0.123. The fourth-order valence-electron chi connectivity index (χ4n) is 11.5. The van der Waals surface area contributed by atoms with E-state index in [2.05, 4.69) is 67.8 Å². The molecule has 78 heavy (non-hydrogen) atoms. The molecule has 1 amide bonds. The van der Waals surface area contributed by atoms with Crippen molar-refractivity contribution in [3.8, 4) is 0 Å². The van der Waals surface area contributed by atoms with Crippen LogP contribution < -0.4 is 5.32 Å². The maximum Gasteiger partial charge on any atom is 0.220 e. The number of unbranched alkanes of at least 4 members (excludes halogenated alkanes) is 52. The lowest BCUT2D eigenvalue weighted by Crippen LogP contribution is -2.45. The van der Waals surface area contributed by atoms with Gasteiger partial charge in [-0.2, -0.15) is 0 Å². The predicted molar refractivity (Wildman–Crippen MR) is 350 cm³/mol. The Labute approximate surface area is 490 Å². The van der Waals surface area contributed by atoms with E-state index in [9.17, 15) is 15.0 Å². The normalized spacial score (nSPS) is 12.9. The van der Waals surface area contributed by atoms with Crippen LogP contribution in [0.3, 0.4) is 0 Å². The number of allylic oxidation sites excluding steroid dienone is 8. The maximum atomic E-state index is 12.6. The third kappa shape index (κ3) is 65.2. The lowest BCUT2D eigenvalue weighted by atomic mass is 10.0. The van der Waals surface area contributed by atoms with E-state index >= 15 is 0 Å². The smallest absolute Gasteiger partial charge is 0.220 e. The van der Waals surface area contributed by atoms with E-state index in [1.165, 1.54) is 321 Å². The minimum Gasteiger partial charge on any atom is -0.394 e. The molecule has 4 nitrogen and oxygen atoms in total. The van der Waals surface area contributed by atoms with Crippen LogP contribution in [0.1, 0.15) is 399 Å². The first kappa shape index (κ1) is 76.3. The van der Waals surface area contributed by atoms with Crippen molar-refractivity contribution in [2.24, 2.45) is 0 Å². The largest absolute Gasteiger partial charge is 0.394 e. The molecule has 0 heterocycles. The highest BCUT2D eigenvalue weighted by molar-refractivity contribution is 5.76. The van der Waals surface area contributed by atoms with Crippen molar-refractivity contribution >= 4 is 5.91 Å². The topological polar surface area (TPSA) is 69.6 Å². The van der Waals surface area contributed by atoms with E-state index in [0.29, 0.717) is 12.8 Å². The molecule has 0 spiro atoms. The number of rotatable bonds is 67. The van der Waals surface area contributed by atoms with Gasteiger partial charge in [-0.05, 0) is 51.4 Å². The van der Waals surface area contributed by atoms with Crippen LogP contribution in [0.15, 0.2) is 48.6 Å². The number of aliphatic hydroxyl groups is 2. The van der Waals surface area contributed by atoms with Gasteiger partial charge in [-0.25, -0.2) is 0 Å². The van der Waals surface area contributed by atoms with Crippen LogP contribution >= 0.6 is 0 Å². The molecule has 2 atom stereocenters. The number of hydrogen-bond donors (Lipinski definition) is 3. The summed E-state index contributed by atoms with van der Waals surface area (Å²) in [7, 11) is 0. The Morgan fingerprint density at radius 2 is 0.564 bits per heavy atom. The van der Waals surface area contributed by atoms with Gasteiger partial charge in [0.05, 0.1) is 18.8 Å². The summed E-state index contributed by atoms with van der Waals surface area (Å²) in [5.74, 6) is -0.0220. The molecule has 460 valence electrons. The van der Waals surface area contributed by atoms with Crippen molar-refractivity contribution < 1.29 is 15.0 Å². The van der Waals surface area contributed by atoms with Gasteiger partial charge in [0.2, 0.25) is 5.91 Å². The van der Waals surface area contributed by atoms with Gasteiger partial charge in [-0.3, -0.25) is 4.79 Å². The summed E-state index contributed by atoms with van der Waals surface area (Å²) in [6.07, 6.45) is 97.5. The summed E-state index contributed by atoms with van der Waals surface area (Å²) >= 11 is 0. The van der Waals surface area contributed by atoms with Gasteiger partial charge in [0, 0.05) is 6.42 Å². The summed E-state index contributed by atoms with van der Waals surface area (Å²) in [6.45, 7) is 4.29. The van der Waals surface area contributed by atoms with Gasteiger partial charge in [-0.1, -0.05) is 390 Å². The van der Waals surface area contributed by atoms with E-state index in [1.54, 1.807) is 0 Å². The van der Waals surface area contributed by atoms with Gasteiger partial charge in [0.15, 0.2) is 0 Å². The summed E-state index contributed by atoms with van der Waals surface area (Å²) in [6, 6.07) is -0.536. The third-order valence-corrected chi connectivity index (χ3v) is 16.9. The zero-order valence-electron chi connectivity index (χ0n) is 53.2. The van der Waals surface area contributed by atoms with Crippen molar-refractivity contribution in [2.75, 3.05) is 6.61 Å². The molecule has 0 aromatic carbocycles. The summed E-state index contributed by atoms with van der Waals surface area (Å²) < 4.78 is 0. The van der Waals surface area contributed by atoms with Crippen LogP contribution in [0.25, 0.3) is 0 Å². The standard InChI is InChI=1S/C74H141NO3/c1-3-5-7-9-11-13-15-17-19-21-23-25-27-29-31-32-33-34-35-36-37-38-39-40-41-42-44-46-48-50-52-54-56-58-60-62-64-66-68-70-74(78)75-72(71-76)73(77)69-67-65-63-61-59-57-55-53-51-49-47-45-43-30-28-26-24-22-20-18-16-14-12-10-8-6-4-2/h5,7,11,13,17,19,23,25,72-73,76-77H,3-4,6,8-10,12,14-16,18,20-22,24,26-71H2,1-2H3,(H,75,78)/b7-5-,13-11-,19-17-,25-23-. The molecule has 0 rings (SSSR count). The molecular formula is C74H141NO3. The Kier molecular flexibility index (Phi) is 68.1. The highest BCUT2D eigenvalue weighted by Crippen LogP contribution is 2.20. The van der Waals surface area contributed by atoms with E-state index in [4.69, 9.17) is 0 Å². The Morgan fingerprint density at radius 3 is 0.846 bits per heavy atom. The molecule has 0 aliphatic heterocycles. The molecule has 0 bridgehead atoms. The Bertz CT molecular complexity index is 1240. The predicted octanol–water partition coefficient (Wildman–Crippen LogP) is 24.5. The van der Waals surface area contributed by atoms with Crippen molar-refractivity contribution in [3.05, 3.63) is 48.6 Å². The SMILES string of the molecule is CC/C=C\C/C=C\C/C=C\C/C=C\CCCCCCCCCCCCCCCCCCCCCCCCCCCCC(=O)NC(CO)C(O)CCCCCCCCCCCCCCCCCCCCCCCCCCCCC. The molecule has 2 unspecified atom stereocenters. The van der Waals surface area contributed by atoms with Crippen LogP contribution in [0.2, 0.25) is 0 Å². The van der Waals surface area contributed by atoms with E-state index in [0.717, 1.165) is 51.4 Å². The third-order valence-electron chi connectivity index (χ3n) is 16.9. The fraction of sp³-hybridized carbons (Fsp3) is 0.878. The van der Waals surface area contributed by atoms with Gasteiger partial charge >= 0.3 is 0 Å². The van der Waals surface area contributed by atoms with Crippen LogP contribution in [0.5, 0.6) is 0 Å². The Hall–Kier alpha value is -1.65. The molecule has 0 aromatic heterocycles. The van der Waals surface area contributed by atoms with Crippen molar-refractivity contribution in [3.63, 3.8) is 0 Å². The van der Waals surface area contributed by atoms with Gasteiger partial charge < -0.3 is 15.5 Å². The maximum absolute atomic E-state index is 12.6. The van der Waals surface area contributed by atoms with Gasteiger partial charge in [0.1, 0.15) is 0 Å². The monoisotopic (exact) mass is 1090 g/mol. The fourth-order valence-corrected chi connectivity index (χ4v) is 11.5. The zero-order valence-corrected chi connectivity index (χ0v) is 53.2. The van der Waals surface area contributed by atoms with E-state index < -0.39 is 12.1 Å². The van der Waals surface area contributed by atoms with Crippen LogP contribution in [0, 0.1) is 0 Å².